The summed E-state index contributed by atoms with van der Waals surface area (Å²) in [5, 5.41) is 4.56. The van der Waals surface area contributed by atoms with Gasteiger partial charge in [0.05, 0.1) is 16.7 Å². The van der Waals surface area contributed by atoms with Crippen molar-refractivity contribution in [2.24, 2.45) is 0 Å². The molecule has 1 fully saturated rings. The van der Waals surface area contributed by atoms with Crippen molar-refractivity contribution >= 4 is 40.2 Å². The molecule has 1 aliphatic rings. The smallest absolute Gasteiger partial charge is 0.410 e. The summed E-state index contributed by atoms with van der Waals surface area (Å²) in [7, 11) is 0. The SMILES string of the molecule is CC(C)(C)OC(=O)N1CCCC(c2ccc3ncnc(Nc4cc(Cl)c(Oc5ccccc5)cn4)c3c2)C1. The molecular weight excluding hydrogens is 502 g/mol. The third kappa shape index (κ3) is 6.14. The molecule has 1 aliphatic heterocycles. The number of benzene rings is 2. The molecule has 38 heavy (non-hydrogen) atoms. The molecule has 1 atom stereocenters. The summed E-state index contributed by atoms with van der Waals surface area (Å²) in [6.45, 7) is 6.96. The van der Waals surface area contributed by atoms with Crippen molar-refractivity contribution in [1.29, 1.82) is 0 Å². The molecule has 3 heterocycles. The Hall–Kier alpha value is -3.91. The predicted molar refractivity (Wildman–Crippen MR) is 148 cm³/mol. The van der Waals surface area contributed by atoms with Crippen molar-refractivity contribution < 1.29 is 14.3 Å². The number of likely N-dealkylation sites (tertiary alicyclic amines) is 1. The number of para-hydroxylation sites is 1. The van der Waals surface area contributed by atoms with Crippen molar-refractivity contribution in [3.05, 3.63) is 77.7 Å². The van der Waals surface area contributed by atoms with Gasteiger partial charge in [-0.05, 0) is 63.4 Å². The molecule has 1 unspecified atom stereocenters. The summed E-state index contributed by atoms with van der Waals surface area (Å²) in [5.41, 5.74) is 1.41. The second kappa shape index (κ2) is 10.8. The van der Waals surface area contributed by atoms with Crippen LogP contribution < -0.4 is 10.1 Å². The van der Waals surface area contributed by atoms with E-state index in [4.69, 9.17) is 21.1 Å². The van der Waals surface area contributed by atoms with E-state index in [0.717, 1.165) is 29.3 Å². The van der Waals surface area contributed by atoms with Gasteiger partial charge in [-0.1, -0.05) is 35.9 Å². The zero-order chi connectivity index (χ0) is 26.7. The molecule has 0 bridgehead atoms. The quantitative estimate of drug-likeness (QED) is 0.288. The summed E-state index contributed by atoms with van der Waals surface area (Å²) >= 11 is 6.49. The summed E-state index contributed by atoms with van der Waals surface area (Å²) in [6.07, 6.45) is 4.74. The number of carbonyl (C=O) groups is 1. The van der Waals surface area contributed by atoms with Gasteiger partial charge in [0, 0.05) is 30.5 Å². The highest BCUT2D eigenvalue weighted by Gasteiger charge is 2.28. The van der Waals surface area contributed by atoms with Gasteiger partial charge in [0.1, 0.15) is 29.3 Å². The Morgan fingerprint density at radius 1 is 1.08 bits per heavy atom. The molecule has 8 nitrogen and oxygen atoms in total. The fourth-order valence-electron chi connectivity index (χ4n) is 4.47. The van der Waals surface area contributed by atoms with E-state index >= 15 is 0 Å². The maximum absolute atomic E-state index is 12.7. The van der Waals surface area contributed by atoms with Crippen molar-refractivity contribution in [2.75, 3.05) is 18.4 Å². The molecule has 1 amide bonds. The average Bonchev–Trinajstić information content (AvgIpc) is 2.90. The van der Waals surface area contributed by atoms with Crippen LogP contribution in [0.2, 0.25) is 5.02 Å². The maximum Gasteiger partial charge on any atom is 0.410 e. The third-order valence-electron chi connectivity index (χ3n) is 6.24. The molecule has 0 aliphatic carbocycles. The number of ether oxygens (including phenoxy) is 2. The Morgan fingerprint density at radius 3 is 2.66 bits per heavy atom. The summed E-state index contributed by atoms with van der Waals surface area (Å²) in [4.78, 5) is 27.8. The van der Waals surface area contributed by atoms with Crippen LogP contribution in [0.5, 0.6) is 11.5 Å². The second-order valence-electron chi connectivity index (χ2n) is 10.3. The minimum absolute atomic E-state index is 0.190. The number of fused-ring (bicyclic) bond motifs is 1. The van der Waals surface area contributed by atoms with Crippen LogP contribution in [0.1, 0.15) is 45.1 Å². The van der Waals surface area contributed by atoms with E-state index in [2.05, 4.69) is 32.4 Å². The number of pyridine rings is 1. The first-order chi connectivity index (χ1) is 18.2. The fraction of sp³-hybridized carbons (Fsp3) is 0.310. The molecule has 1 N–H and O–H groups in total. The van der Waals surface area contributed by atoms with E-state index in [1.54, 1.807) is 17.2 Å². The minimum Gasteiger partial charge on any atom is -0.454 e. The predicted octanol–water partition coefficient (Wildman–Crippen LogP) is 7.33. The van der Waals surface area contributed by atoms with E-state index in [1.807, 2.05) is 57.2 Å². The lowest BCUT2D eigenvalue weighted by molar-refractivity contribution is 0.0198. The standard InChI is InChI=1S/C29H30ClN5O3/c1-29(2,3)38-28(36)35-13-7-8-20(17-35)19-11-12-24-22(14-19)27(33-18-32-24)34-26-15-23(30)25(16-31-26)37-21-9-5-4-6-10-21/h4-6,9-12,14-16,18,20H,7-8,13,17H2,1-3H3,(H,31,32,33,34). The topological polar surface area (TPSA) is 89.5 Å². The second-order valence-corrected chi connectivity index (χ2v) is 10.7. The molecular formula is C29H30ClN5O3. The number of hydrogen-bond donors (Lipinski definition) is 1. The number of nitrogens with zero attached hydrogens (tertiary/aromatic N) is 4. The van der Waals surface area contributed by atoms with Gasteiger partial charge in [0.2, 0.25) is 0 Å². The molecule has 0 radical (unpaired) electrons. The van der Waals surface area contributed by atoms with Crippen LogP contribution in [0.15, 0.2) is 67.1 Å². The number of aromatic nitrogens is 3. The highest BCUT2D eigenvalue weighted by atomic mass is 35.5. The summed E-state index contributed by atoms with van der Waals surface area (Å²) < 4.78 is 11.4. The van der Waals surface area contributed by atoms with Crippen molar-refractivity contribution in [2.45, 2.75) is 45.1 Å². The normalized spacial score (nSPS) is 15.8. The lowest BCUT2D eigenvalue weighted by atomic mass is 9.90. The Balaban J connectivity index is 1.35. The average molecular weight is 532 g/mol. The van der Waals surface area contributed by atoms with Crippen LogP contribution in [0, 0.1) is 0 Å². The number of anilines is 2. The van der Waals surface area contributed by atoms with Crippen LogP contribution in [-0.4, -0.2) is 44.6 Å². The molecule has 1 saturated heterocycles. The molecule has 0 saturated carbocycles. The Bertz CT molecular complexity index is 1440. The molecule has 2 aromatic heterocycles. The van der Waals surface area contributed by atoms with Crippen LogP contribution >= 0.6 is 11.6 Å². The number of hydrogen-bond acceptors (Lipinski definition) is 7. The van der Waals surface area contributed by atoms with Gasteiger partial charge >= 0.3 is 6.09 Å². The van der Waals surface area contributed by atoms with Crippen molar-refractivity contribution in [3.63, 3.8) is 0 Å². The molecule has 0 spiro atoms. The molecule has 9 heteroatoms. The first-order valence-electron chi connectivity index (χ1n) is 12.6. The Morgan fingerprint density at radius 2 is 1.89 bits per heavy atom. The van der Waals surface area contributed by atoms with Crippen LogP contribution in [0.25, 0.3) is 10.9 Å². The monoisotopic (exact) mass is 531 g/mol. The van der Waals surface area contributed by atoms with E-state index in [0.29, 0.717) is 41.2 Å². The molecule has 196 valence electrons. The minimum atomic E-state index is -0.520. The fourth-order valence-corrected chi connectivity index (χ4v) is 4.66. The lowest BCUT2D eigenvalue weighted by Gasteiger charge is -2.34. The van der Waals surface area contributed by atoms with E-state index in [9.17, 15) is 4.79 Å². The van der Waals surface area contributed by atoms with Gasteiger partial charge in [-0.3, -0.25) is 0 Å². The van der Waals surface area contributed by atoms with E-state index in [-0.39, 0.29) is 12.0 Å². The number of halogens is 1. The van der Waals surface area contributed by atoms with E-state index in [1.165, 1.54) is 6.33 Å². The Kier molecular flexibility index (Phi) is 7.33. The third-order valence-corrected chi connectivity index (χ3v) is 6.54. The van der Waals surface area contributed by atoms with Gasteiger partial charge in [0.15, 0.2) is 5.75 Å². The lowest BCUT2D eigenvalue weighted by Crippen LogP contribution is -2.42. The number of carbonyl (C=O) groups excluding carboxylic acids is 1. The zero-order valence-corrected chi connectivity index (χ0v) is 22.4. The number of amides is 1. The van der Waals surface area contributed by atoms with Crippen molar-refractivity contribution in [3.8, 4) is 11.5 Å². The Labute approximate surface area is 227 Å². The number of nitrogens with one attached hydrogen (secondary N) is 1. The van der Waals surface area contributed by atoms with Crippen molar-refractivity contribution in [1.82, 2.24) is 19.9 Å². The van der Waals surface area contributed by atoms with Gasteiger partial charge < -0.3 is 19.7 Å². The highest BCUT2D eigenvalue weighted by molar-refractivity contribution is 6.32. The number of piperidine rings is 1. The van der Waals surface area contributed by atoms with Crippen LogP contribution in [0.3, 0.4) is 0 Å². The molecule has 5 rings (SSSR count). The largest absolute Gasteiger partial charge is 0.454 e. The van der Waals surface area contributed by atoms with Gasteiger partial charge in [-0.25, -0.2) is 19.7 Å². The van der Waals surface area contributed by atoms with E-state index < -0.39 is 5.60 Å². The molecule has 4 aromatic rings. The maximum atomic E-state index is 12.7. The van der Waals surface area contributed by atoms with Crippen LogP contribution in [0.4, 0.5) is 16.4 Å². The van der Waals surface area contributed by atoms with Gasteiger partial charge in [-0.2, -0.15) is 0 Å². The first-order valence-corrected chi connectivity index (χ1v) is 13.0. The van der Waals surface area contributed by atoms with Crippen LogP contribution in [-0.2, 0) is 4.74 Å². The first kappa shape index (κ1) is 25.7. The highest BCUT2D eigenvalue weighted by Crippen LogP contribution is 2.34. The van der Waals surface area contributed by atoms with Gasteiger partial charge in [-0.15, -0.1) is 0 Å². The van der Waals surface area contributed by atoms with Gasteiger partial charge in [0.25, 0.3) is 0 Å². The molecule has 2 aromatic carbocycles. The summed E-state index contributed by atoms with van der Waals surface area (Å²) in [6, 6.07) is 17.3. The summed E-state index contributed by atoms with van der Waals surface area (Å²) in [5.74, 6) is 2.49. The number of rotatable bonds is 5. The zero-order valence-electron chi connectivity index (χ0n) is 21.6.